The number of amides is 3. The highest BCUT2D eigenvalue weighted by molar-refractivity contribution is 5.93. The van der Waals surface area contributed by atoms with E-state index in [4.69, 9.17) is 9.47 Å². The maximum atomic E-state index is 13.7. The number of ether oxygens (including phenoxy) is 2. The summed E-state index contributed by atoms with van der Waals surface area (Å²) in [5, 5.41) is 16.9. The number of benzene rings is 2. The van der Waals surface area contributed by atoms with Crippen LogP contribution in [0.1, 0.15) is 40.2 Å². The molecule has 4 N–H and O–H groups in total. The van der Waals surface area contributed by atoms with E-state index in [1.54, 1.807) is 12.4 Å². The van der Waals surface area contributed by atoms with Crippen molar-refractivity contribution in [1.29, 1.82) is 0 Å². The van der Waals surface area contributed by atoms with Crippen molar-refractivity contribution in [3.8, 4) is 0 Å². The second kappa shape index (κ2) is 13.7. The van der Waals surface area contributed by atoms with Crippen molar-refractivity contribution < 1.29 is 33.9 Å². The normalized spacial score (nSPS) is 13.8. The van der Waals surface area contributed by atoms with Crippen LogP contribution in [0, 0.1) is 11.3 Å². The third kappa shape index (κ3) is 8.83. The van der Waals surface area contributed by atoms with Gasteiger partial charge in [0.2, 0.25) is 11.8 Å². The van der Waals surface area contributed by atoms with Gasteiger partial charge in [0.25, 0.3) is 5.91 Å². The molecule has 3 atom stereocenters. The van der Waals surface area contributed by atoms with Crippen LogP contribution in [0.4, 0.5) is 0 Å². The molecule has 2 rings (SSSR count). The van der Waals surface area contributed by atoms with E-state index in [0.29, 0.717) is 6.54 Å². The average Bonchev–Trinajstić information content (AvgIpc) is 2.84. The first kappa shape index (κ1) is 29.7. The number of hydroxylamine groups is 1. The standard InChI is InChI=1S/C27H37N3O7/c1-6-28-26(34)23(27(3,4)5)29-24(32)21(22(25(33)30-35)37-14-13-36-17(2)31)16-18-11-12-19-9-7-8-10-20(19)15-18/h7-12,15,21-23,35H,6,13-14,16H2,1-5H3,(H,28,34)(H,29,32)(H,30,33)/t21-,22+,23-/m1/s1. The zero-order chi connectivity index (χ0) is 27.6. The molecule has 2 aromatic rings. The third-order valence-corrected chi connectivity index (χ3v) is 5.79. The van der Waals surface area contributed by atoms with Gasteiger partial charge in [-0.3, -0.25) is 24.4 Å². The largest absolute Gasteiger partial charge is 0.463 e. The van der Waals surface area contributed by atoms with Crippen LogP contribution in [0.25, 0.3) is 10.8 Å². The minimum Gasteiger partial charge on any atom is -0.463 e. The molecule has 0 bridgehead atoms. The number of rotatable bonds is 12. The van der Waals surface area contributed by atoms with E-state index in [1.807, 2.05) is 63.2 Å². The molecule has 0 radical (unpaired) electrons. The average molecular weight is 516 g/mol. The summed E-state index contributed by atoms with van der Waals surface area (Å²) in [4.78, 5) is 50.2. The van der Waals surface area contributed by atoms with Crippen molar-refractivity contribution in [3.63, 3.8) is 0 Å². The fourth-order valence-corrected chi connectivity index (χ4v) is 3.96. The summed E-state index contributed by atoms with van der Waals surface area (Å²) in [5.74, 6) is -3.53. The number of carbonyl (C=O) groups excluding carboxylic acids is 4. The number of esters is 1. The molecule has 2 aromatic carbocycles. The highest BCUT2D eigenvalue weighted by atomic mass is 16.6. The molecule has 0 fully saturated rings. The number of hydrogen-bond acceptors (Lipinski definition) is 7. The maximum absolute atomic E-state index is 13.7. The lowest BCUT2D eigenvalue weighted by molar-refractivity contribution is -0.154. The van der Waals surface area contributed by atoms with Crippen LogP contribution in [0.5, 0.6) is 0 Å². The molecule has 0 spiro atoms. The van der Waals surface area contributed by atoms with E-state index in [-0.39, 0.29) is 25.5 Å². The van der Waals surface area contributed by atoms with Gasteiger partial charge in [0.15, 0.2) is 0 Å². The van der Waals surface area contributed by atoms with Gasteiger partial charge < -0.3 is 20.1 Å². The molecular formula is C27H37N3O7. The Morgan fingerprint density at radius 2 is 1.62 bits per heavy atom. The van der Waals surface area contributed by atoms with Gasteiger partial charge in [-0.2, -0.15) is 0 Å². The van der Waals surface area contributed by atoms with E-state index < -0.39 is 41.3 Å². The Balaban J connectivity index is 2.42. The predicted molar refractivity (Wildman–Crippen MR) is 138 cm³/mol. The molecule has 10 nitrogen and oxygen atoms in total. The van der Waals surface area contributed by atoms with Gasteiger partial charge in [0, 0.05) is 13.5 Å². The van der Waals surface area contributed by atoms with Crippen molar-refractivity contribution in [2.45, 2.75) is 53.2 Å². The highest BCUT2D eigenvalue weighted by Gasteiger charge is 2.39. The molecule has 0 unspecified atom stereocenters. The lowest BCUT2D eigenvalue weighted by Gasteiger charge is -2.33. The SMILES string of the molecule is CCNC(=O)[C@@H](NC(=O)[C@H](Cc1ccc2ccccc2c1)[C@H](OCCOC(C)=O)C(=O)NO)C(C)(C)C. The quantitative estimate of drug-likeness (QED) is 0.147. The van der Waals surface area contributed by atoms with Crippen LogP contribution >= 0.6 is 0 Å². The van der Waals surface area contributed by atoms with Gasteiger partial charge in [0.05, 0.1) is 12.5 Å². The number of carbonyl (C=O) groups is 4. The van der Waals surface area contributed by atoms with Crippen LogP contribution < -0.4 is 16.1 Å². The van der Waals surface area contributed by atoms with Gasteiger partial charge in [-0.1, -0.05) is 63.2 Å². The summed E-state index contributed by atoms with van der Waals surface area (Å²) in [5.41, 5.74) is 1.68. The summed E-state index contributed by atoms with van der Waals surface area (Å²) >= 11 is 0. The molecule has 0 aliphatic carbocycles. The molecule has 202 valence electrons. The lowest BCUT2D eigenvalue weighted by Crippen LogP contribution is -2.57. The zero-order valence-corrected chi connectivity index (χ0v) is 22.0. The van der Waals surface area contributed by atoms with Gasteiger partial charge in [-0.25, -0.2) is 5.48 Å². The van der Waals surface area contributed by atoms with Crippen molar-refractivity contribution in [2.75, 3.05) is 19.8 Å². The minimum atomic E-state index is -1.43. The van der Waals surface area contributed by atoms with E-state index in [9.17, 15) is 24.4 Å². The Bertz CT molecular complexity index is 1100. The zero-order valence-electron chi connectivity index (χ0n) is 22.0. The molecule has 0 saturated carbocycles. The van der Waals surface area contributed by atoms with E-state index in [0.717, 1.165) is 16.3 Å². The third-order valence-electron chi connectivity index (χ3n) is 5.79. The maximum Gasteiger partial charge on any atom is 0.302 e. The Morgan fingerprint density at radius 1 is 0.946 bits per heavy atom. The number of likely N-dealkylation sites (N-methyl/N-ethyl adjacent to an activating group) is 1. The summed E-state index contributed by atoms with van der Waals surface area (Å²) in [6.45, 7) is 8.53. The Hall–Kier alpha value is -3.50. The molecule has 0 aromatic heterocycles. The van der Waals surface area contributed by atoms with Gasteiger partial charge >= 0.3 is 5.97 Å². The fraction of sp³-hybridized carbons (Fsp3) is 0.481. The fourth-order valence-electron chi connectivity index (χ4n) is 3.96. The van der Waals surface area contributed by atoms with Crippen molar-refractivity contribution in [2.24, 2.45) is 11.3 Å². The summed E-state index contributed by atoms with van der Waals surface area (Å²) in [6.07, 6.45) is -1.35. The molecular weight excluding hydrogens is 478 g/mol. The molecule has 37 heavy (non-hydrogen) atoms. The Morgan fingerprint density at radius 3 is 2.22 bits per heavy atom. The summed E-state index contributed by atoms with van der Waals surface area (Å²) in [7, 11) is 0. The first-order chi connectivity index (χ1) is 17.5. The molecule has 0 saturated heterocycles. The van der Waals surface area contributed by atoms with Crippen molar-refractivity contribution >= 4 is 34.5 Å². The smallest absolute Gasteiger partial charge is 0.302 e. The number of fused-ring (bicyclic) bond motifs is 1. The van der Waals surface area contributed by atoms with Crippen LogP contribution in [0.3, 0.4) is 0 Å². The minimum absolute atomic E-state index is 0.0780. The summed E-state index contributed by atoms with van der Waals surface area (Å²) < 4.78 is 10.5. The van der Waals surface area contributed by atoms with Crippen LogP contribution in [0.15, 0.2) is 42.5 Å². The molecule has 0 heterocycles. The van der Waals surface area contributed by atoms with E-state index in [2.05, 4.69) is 10.6 Å². The van der Waals surface area contributed by atoms with Crippen LogP contribution in [-0.4, -0.2) is 60.8 Å². The van der Waals surface area contributed by atoms with Crippen molar-refractivity contribution in [3.05, 3.63) is 48.0 Å². The van der Waals surface area contributed by atoms with Gasteiger partial charge in [-0.05, 0) is 35.1 Å². The number of hydrogen-bond donors (Lipinski definition) is 4. The van der Waals surface area contributed by atoms with E-state index >= 15 is 0 Å². The molecule has 0 aliphatic rings. The topological polar surface area (TPSA) is 143 Å². The molecule has 3 amide bonds. The monoisotopic (exact) mass is 515 g/mol. The molecule has 10 heteroatoms. The number of nitrogens with one attached hydrogen (secondary N) is 3. The van der Waals surface area contributed by atoms with E-state index in [1.165, 1.54) is 6.92 Å². The Labute approximate surface area is 217 Å². The van der Waals surface area contributed by atoms with Crippen LogP contribution in [-0.2, 0) is 35.1 Å². The second-order valence-corrected chi connectivity index (χ2v) is 9.80. The highest BCUT2D eigenvalue weighted by Crippen LogP contribution is 2.24. The lowest BCUT2D eigenvalue weighted by atomic mass is 9.84. The van der Waals surface area contributed by atoms with Gasteiger partial charge in [-0.15, -0.1) is 0 Å². The first-order valence-electron chi connectivity index (χ1n) is 12.2. The molecule has 0 aliphatic heterocycles. The second-order valence-electron chi connectivity index (χ2n) is 9.80. The Kier molecular flexibility index (Phi) is 11.0. The van der Waals surface area contributed by atoms with Crippen molar-refractivity contribution in [1.82, 2.24) is 16.1 Å². The summed E-state index contributed by atoms with van der Waals surface area (Å²) in [6, 6.07) is 12.5. The van der Waals surface area contributed by atoms with Crippen LogP contribution in [0.2, 0.25) is 0 Å². The van der Waals surface area contributed by atoms with Gasteiger partial charge in [0.1, 0.15) is 18.8 Å². The first-order valence-corrected chi connectivity index (χ1v) is 12.2. The predicted octanol–water partition coefficient (Wildman–Crippen LogP) is 2.12.